The number of nitrogens with zero attached hydrogens (tertiary/aromatic N) is 2. The molecule has 1 aromatic heterocycles. The summed E-state index contributed by atoms with van der Waals surface area (Å²) in [5.41, 5.74) is 5.35. The topological polar surface area (TPSA) is 114 Å². The van der Waals surface area contributed by atoms with Crippen LogP contribution < -0.4 is 9.80 Å². The van der Waals surface area contributed by atoms with Crippen LogP contribution in [0.4, 0.5) is 11.4 Å². The smallest absolute Gasteiger partial charge is 0.335 e. The fourth-order valence-electron chi connectivity index (χ4n) is 5.49. The van der Waals surface area contributed by atoms with E-state index < -0.39 is 17.8 Å². The number of imide groups is 1. The average Bonchev–Trinajstić information content (AvgIpc) is 3.55. The van der Waals surface area contributed by atoms with E-state index in [-0.39, 0.29) is 16.7 Å². The van der Waals surface area contributed by atoms with Crippen LogP contribution in [0.3, 0.4) is 0 Å². The lowest BCUT2D eigenvalue weighted by atomic mass is 10.1. The van der Waals surface area contributed by atoms with E-state index in [0.29, 0.717) is 54.5 Å². The Bertz CT molecular complexity index is 1860. The number of morpholine rings is 1. The summed E-state index contributed by atoms with van der Waals surface area (Å²) in [5.74, 6) is -1.87. The van der Waals surface area contributed by atoms with Crippen molar-refractivity contribution in [1.29, 1.82) is 0 Å². The average molecular weight is 547 g/mol. The van der Waals surface area contributed by atoms with E-state index >= 15 is 0 Å². The van der Waals surface area contributed by atoms with Crippen molar-refractivity contribution in [3.63, 3.8) is 0 Å². The van der Waals surface area contributed by atoms with E-state index in [1.54, 1.807) is 6.07 Å². The molecule has 1 saturated heterocycles. The standard InChI is InChI=1S/C32H23N3O6/c36-30-23-9-6-22(32(38)39)16-24(23)31(37)35(30)27-18-21(7-10-26(27)34-12-14-40-15-13-34)29-33-25-17-20(8-11-28(25)41-29)19-4-2-1-3-5-19/h1-11,16-18H,12-15H2,(H,38,39)/p+1. The highest BCUT2D eigenvalue weighted by Gasteiger charge is 2.40. The number of oxazole rings is 1. The van der Waals surface area contributed by atoms with Gasteiger partial charge in [0.15, 0.2) is 11.3 Å². The maximum absolute atomic E-state index is 13.6. The fourth-order valence-corrected chi connectivity index (χ4v) is 5.49. The van der Waals surface area contributed by atoms with Gasteiger partial charge in [-0.3, -0.25) is 14.5 Å². The van der Waals surface area contributed by atoms with Gasteiger partial charge in [0.05, 0.1) is 29.9 Å². The van der Waals surface area contributed by atoms with Crippen LogP contribution in [0.5, 0.6) is 0 Å². The molecule has 0 bridgehead atoms. The van der Waals surface area contributed by atoms with E-state index in [1.807, 2.05) is 60.7 Å². The molecule has 0 radical (unpaired) electrons. The number of amides is 2. The molecule has 1 fully saturated rings. The molecule has 7 rings (SSSR count). The second-order valence-electron chi connectivity index (χ2n) is 10.0. The summed E-state index contributed by atoms with van der Waals surface area (Å²) in [7, 11) is 0. The van der Waals surface area contributed by atoms with Crippen molar-refractivity contribution in [2.75, 3.05) is 31.2 Å². The number of carbonyl (C=O) groups excluding carboxylic acids is 2. The van der Waals surface area contributed by atoms with Gasteiger partial charge in [0.2, 0.25) is 5.89 Å². The third-order valence-electron chi connectivity index (χ3n) is 7.59. The Morgan fingerprint density at radius 3 is 2.34 bits per heavy atom. The van der Waals surface area contributed by atoms with Gasteiger partial charge in [0.25, 0.3) is 11.8 Å². The number of nitrogens with one attached hydrogen (secondary N) is 1. The number of hydrogen-bond donors (Lipinski definition) is 2. The van der Waals surface area contributed by atoms with Crippen molar-refractivity contribution in [1.82, 2.24) is 4.98 Å². The zero-order valence-electron chi connectivity index (χ0n) is 21.8. The maximum Gasteiger partial charge on any atom is 0.335 e. The molecule has 0 aliphatic carbocycles. The second kappa shape index (κ2) is 9.81. The number of ether oxygens (including phenoxy) is 1. The predicted octanol–water partition coefficient (Wildman–Crippen LogP) is 4.21. The Morgan fingerprint density at radius 1 is 0.805 bits per heavy atom. The van der Waals surface area contributed by atoms with E-state index in [0.717, 1.165) is 26.6 Å². The molecule has 2 amide bonds. The molecular formula is C32H24N3O6+. The molecule has 41 heavy (non-hydrogen) atoms. The van der Waals surface area contributed by atoms with Gasteiger partial charge in [-0.15, -0.1) is 0 Å². The van der Waals surface area contributed by atoms with Gasteiger partial charge in [-0.25, -0.2) is 14.7 Å². The summed E-state index contributed by atoms with van der Waals surface area (Å²) in [4.78, 5) is 45.7. The Kier molecular flexibility index (Phi) is 5.96. The summed E-state index contributed by atoms with van der Waals surface area (Å²) in [6.45, 7) is 2.44. The zero-order chi connectivity index (χ0) is 28.1. The number of carboxylic acid groups (broad SMARTS) is 1. The maximum atomic E-state index is 13.6. The van der Waals surface area contributed by atoms with Crippen LogP contribution in [0.15, 0.2) is 89.3 Å². The molecule has 0 unspecified atom stereocenters. The Morgan fingerprint density at radius 2 is 1.56 bits per heavy atom. The minimum absolute atomic E-state index is 0.0547. The van der Waals surface area contributed by atoms with Crippen LogP contribution in [0.25, 0.3) is 33.7 Å². The molecule has 0 atom stereocenters. The number of aromatic nitrogens is 1. The molecule has 9 nitrogen and oxygen atoms in total. The van der Waals surface area contributed by atoms with E-state index in [1.165, 1.54) is 18.2 Å². The number of carboxylic acids is 1. The minimum Gasteiger partial charge on any atom is -0.478 e. The highest BCUT2D eigenvalue weighted by Crippen LogP contribution is 2.37. The number of rotatable bonds is 5. The lowest BCUT2D eigenvalue weighted by Crippen LogP contribution is -3.09. The van der Waals surface area contributed by atoms with Gasteiger partial charge in [0, 0.05) is 11.6 Å². The molecule has 9 heteroatoms. The predicted molar refractivity (Wildman–Crippen MR) is 151 cm³/mol. The van der Waals surface area contributed by atoms with E-state index in [9.17, 15) is 19.5 Å². The van der Waals surface area contributed by atoms with Crippen LogP contribution >= 0.6 is 0 Å². The lowest BCUT2D eigenvalue weighted by molar-refractivity contribution is -0.841. The highest BCUT2D eigenvalue weighted by molar-refractivity contribution is 6.35. The number of quaternary nitrogens is 1. The van der Waals surface area contributed by atoms with Crippen LogP contribution in [-0.2, 0) is 4.74 Å². The quantitative estimate of drug-likeness (QED) is 0.318. The summed E-state index contributed by atoms with van der Waals surface area (Å²) < 4.78 is 11.6. The van der Waals surface area contributed by atoms with Crippen molar-refractivity contribution in [3.8, 4) is 22.6 Å². The molecule has 2 aliphatic rings. The van der Waals surface area contributed by atoms with E-state index in [2.05, 4.69) is 0 Å². The van der Waals surface area contributed by atoms with Crippen molar-refractivity contribution in [3.05, 3.63) is 102 Å². The SMILES string of the molecule is O=C(O)c1ccc2c(c1)C(=O)N(c1cc(-c3nc4cc(-c5ccccc5)ccc4o3)ccc1[NH+]1CCOCC1)C2=O. The molecule has 3 heterocycles. The molecule has 202 valence electrons. The van der Waals surface area contributed by atoms with Gasteiger partial charge in [-0.2, -0.15) is 0 Å². The molecule has 5 aromatic rings. The Hall–Kier alpha value is -5.12. The van der Waals surface area contributed by atoms with Gasteiger partial charge >= 0.3 is 5.97 Å². The first-order chi connectivity index (χ1) is 20.0. The molecule has 2 N–H and O–H groups in total. The van der Waals surface area contributed by atoms with Crippen molar-refractivity contribution in [2.24, 2.45) is 0 Å². The third kappa shape index (κ3) is 4.28. The van der Waals surface area contributed by atoms with Gasteiger partial charge < -0.3 is 14.3 Å². The largest absolute Gasteiger partial charge is 0.478 e. The normalized spacial score (nSPS) is 15.5. The molecule has 0 saturated carbocycles. The molecular weight excluding hydrogens is 522 g/mol. The summed E-state index contributed by atoms with van der Waals surface area (Å²) in [6.07, 6.45) is 0. The molecule has 4 aromatic carbocycles. The van der Waals surface area contributed by atoms with Crippen molar-refractivity contribution < 1.29 is 33.5 Å². The van der Waals surface area contributed by atoms with Crippen LogP contribution in [-0.4, -0.2) is 54.2 Å². The summed E-state index contributed by atoms with van der Waals surface area (Å²) in [6, 6.07) is 25.3. The van der Waals surface area contributed by atoms with Crippen molar-refractivity contribution in [2.45, 2.75) is 0 Å². The fraction of sp³-hybridized carbons (Fsp3) is 0.125. The number of fused-ring (bicyclic) bond motifs is 2. The van der Waals surface area contributed by atoms with Crippen LogP contribution in [0.1, 0.15) is 31.1 Å². The number of benzene rings is 4. The number of anilines is 1. The minimum atomic E-state index is -1.17. The third-order valence-corrected chi connectivity index (χ3v) is 7.59. The second-order valence-corrected chi connectivity index (χ2v) is 10.0. The Balaban J connectivity index is 1.32. The van der Waals surface area contributed by atoms with Gasteiger partial charge in [-0.1, -0.05) is 36.4 Å². The highest BCUT2D eigenvalue weighted by atomic mass is 16.5. The van der Waals surface area contributed by atoms with Crippen LogP contribution in [0, 0.1) is 0 Å². The Labute approximate surface area is 234 Å². The summed E-state index contributed by atoms with van der Waals surface area (Å²) >= 11 is 0. The lowest BCUT2D eigenvalue weighted by Gasteiger charge is -2.27. The van der Waals surface area contributed by atoms with Gasteiger partial charge in [-0.05, 0) is 53.6 Å². The first kappa shape index (κ1) is 24.9. The molecule has 2 aliphatic heterocycles. The van der Waals surface area contributed by atoms with Gasteiger partial charge in [0.1, 0.15) is 24.3 Å². The first-order valence-electron chi connectivity index (χ1n) is 13.3. The van der Waals surface area contributed by atoms with E-state index in [4.69, 9.17) is 14.1 Å². The monoisotopic (exact) mass is 546 g/mol. The summed E-state index contributed by atoms with van der Waals surface area (Å²) in [5, 5.41) is 9.43. The number of hydrogen-bond acceptors (Lipinski definition) is 6. The number of aromatic carboxylic acids is 1. The first-order valence-corrected chi connectivity index (χ1v) is 13.3. The van der Waals surface area contributed by atoms with Crippen LogP contribution in [0.2, 0.25) is 0 Å². The zero-order valence-corrected chi connectivity index (χ0v) is 21.8. The number of carbonyl (C=O) groups is 3. The van der Waals surface area contributed by atoms with Crippen molar-refractivity contribution >= 4 is 40.3 Å². The molecule has 0 spiro atoms.